The van der Waals surface area contributed by atoms with E-state index in [2.05, 4.69) is 5.32 Å². The molecule has 10 nitrogen and oxygen atoms in total. The molecule has 0 radical (unpaired) electrons. The van der Waals surface area contributed by atoms with Crippen molar-refractivity contribution < 1.29 is 29.5 Å². The minimum Gasteiger partial charge on any atom is -0.480 e. The van der Waals surface area contributed by atoms with Gasteiger partial charge in [0.1, 0.15) is 0 Å². The van der Waals surface area contributed by atoms with Gasteiger partial charge in [-0.25, -0.2) is 4.90 Å². The van der Waals surface area contributed by atoms with E-state index < -0.39 is 52.7 Å². The summed E-state index contributed by atoms with van der Waals surface area (Å²) in [6.45, 7) is 0.888. The van der Waals surface area contributed by atoms with Gasteiger partial charge in [0, 0.05) is 18.2 Å². The molecule has 31 heavy (non-hydrogen) atoms. The number of benzene rings is 2. The average molecular weight is 425 g/mol. The molecule has 0 bridgehead atoms. The second kappa shape index (κ2) is 7.25. The SMILES string of the molecule is Cc1ccccc1C1NC(CO)(C(=O)O)C2C(=O)N(c3cccc([N+](=O)[O-])c3)C(=O)C12. The number of hydrogen-bond acceptors (Lipinski definition) is 7. The number of nitro benzene ring substituents is 1. The van der Waals surface area contributed by atoms with Crippen LogP contribution < -0.4 is 10.2 Å². The van der Waals surface area contributed by atoms with Gasteiger partial charge in [0.2, 0.25) is 11.8 Å². The van der Waals surface area contributed by atoms with Crippen LogP contribution in [0.1, 0.15) is 17.2 Å². The summed E-state index contributed by atoms with van der Waals surface area (Å²) in [5.41, 5.74) is -0.974. The van der Waals surface area contributed by atoms with Crippen molar-refractivity contribution in [2.24, 2.45) is 11.8 Å². The van der Waals surface area contributed by atoms with Crippen molar-refractivity contribution in [2.45, 2.75) is 18.5 Å². The molecule has 0 spiro atoms. The number of non-ortho nitro benzene ring substituents is 1. The Kier molecular flexibility index (Phi) is 4.83. The number of imide groups is 1. The lowest BCUT2D eigenvalue weighted by molar-refractivity contribution is -0.384. The summed E-state index contributed by atoms with van der Waals surface area (Å²) in [5.74, 6) is -5.44. The third-order valence-electron chi connectivity index (χ3n) is 6.11. The highest BCUT2D eigenvalue weighted by Crippen LogP contribution is 2.50. The van der Waals surface area contributed by atoms with Gasteiger partial charge < -0.3 is 10.2 Å². The van der Waals surface area contributed by atoms with Crippen LogP contribution in [-0.4, -0.2) is 45.1 Å². The predicted molar refractivity (Wildman–Crippen MR) is 107 cm³/mol. The highest BCUT2D eigenvalue weighted by atomic mass is 16.6. The van der Waals surface area contributed by atoms with Crippen molar-refractivity contribution in [3.8, 4) is 0 Å². The topological polar surface area (TPSA) is 150 Å². The van der Waals surface area contributed by atoms with Crippen LogP contribution in [0.3, 0.4) is 0 Å². The molecule has 2 aliphatic rings. The smallest absolute Gasteiger partial charge is 0.327 e. The first-order valence-corrected chi connectivity index (χ1v) is 9.52. The number of nitrogens with zero attached hydrogens (tertiary/aromatic N) is 2. The second-order valence-electron chi connectivity index (χ2n) is 7.71. The maximum Gasteiger partial charge on any atom is 0.327 e. The highest BCUT2D eigenvalue weighted by Gasteiger charge is 2.68. The van der Waals surface area contributed by atoms with Crippen molar-refractivity contribution in [1.82, 2.24) is 5.32 Å². The zero-order chi connectivity index (χ0) is 22.5. The van der Waals surface area contributed by atoms with E-state index >= 15 is 0 Å². The van der Waals surface area contributed by atoms with Crippen LogP contribution >= 0.6 is 0 Å². The van der Waals surface area contributed by atoms with Crippen molar-refractivity contribution in [1.29, 1.82) is 0 Å². The van der Waals surface area contributed by atoms with Crippen LogP contribution in [0, 0.1) is 28.9 Å². The summed E-state index contributed by atoms with van der Waals surface area (Å²) in [7, 11) is 0. The maximum atomic E-state index is 13.4. The summed E-state index contributed by atoms with van der Waals surface area (Å²) >= 11 is 0. The lowest BCUT2D eigenvalue weighted by Gasteiger charge is -2.29. The van der Waals surface area contributed by atoms with Crippen LogP contribution in [0.2, 0.25) is 0 Å². The molecule has 2 saturated heterocycles. The van der Waals surface area contributed by atoms with Crippen molar-refractivity contribution in [3.05, 3.63) is 69.8 Å². The Hall–Kier alpha value is -3.63. The molecular formula is C21H19N3O7. The lowest BCUT2D eigenvalue weighted by atomic mass is 9.79. The number of rotatable bonds is 5. The van der Waals surface area contributed by atoms with Crippen LogP contribution in [0.15, 0.2) is 48.5 Å². The van der Waals surface area contributed by atoms with Crippen molar-refractivity contribution in [3.63, 3.8) is 0 Å². The summed E-state index contributed by atoms with van der Waals surface area (Å²) < 4.78 is 0. The number of aliphatic hydroxyl groups is 1. The number of aliphatic carboxylic acids is 1. The Balaban J connectivity index is 1.87. The summed E-state index contributed by atoms with van der Waals surface area (Å²) in [6.07, 6.45) is 0. The molecule has 0 aromatic heterocycles. The molecule has 2 fully saturated rings. The molecule has 2 aromatic rings. The molecule has 4 atom stereocenters. The van der Waals surface area contributed by atoms with E-state index in [1.54, 1.807) is 31.2 Å². The van der Waals surface area contributed by atoms with E-state index in [4.69, 9.17) is 0 Å². The Morgan fingerprint density at radius 2 is 1.90 bits per heavy atom. The Morgan fingerprint density at radius 1 is 1.19 bits per heavy atom. The third kappa shape index (κ3) is 2.91. The predicted octanol–water partition coefficient (Wildman–Crippen LogP) is 1.17. The first kappa shape index (κ1) is 20.6. The van der Waals surface area contributed by atoms with Crippen LogP contribution in [-0.2, 0) is 14.4 Å². The Labute approximate surface area is 176 Å². The first-order valence-electron chi connectivity index (χ1n) is 9.52. The number of nitro groups is 1. The number of nitrogens with one attached hydrogen (secondary N) is 1. The average Bonchev–Trinajstić information content (AvgIpc) is 3.23. The fourth-order valence-electron chi connectivity index (χ4n) is 4.62. The largest absolute Gasteiger partial charge is 0.480 e. The molecule has 0 saturated carbocycles. The molecule has 4 rings (SSSR count). The monoisotopic (exact) mass is 425 g/mol. The summed E-state index contributed by atoms with van der Waals surface area (Å²) in [4.78, 5) is 50.2. The van der Waals surface area contributed by atoms with E-state index in [1.807, 2.05) is 0 Å². The normalized spacial score (nSPS) is 27.4. The third-order valence-corrected chi connectivity index (χ3v) is 6.11. The Morgan fingerprint density at radius 3 is 2.52 bits per heavy atom. The van der Waals surface area contributed by atoms with Crippen LogP contribution in [0.5, 0.6) is 0 Å². The fraction of sp³-hybridized carbons (Fsp3) is 0.286. The number of fused-ring (bicyclic) bond motifs is 1. The van der Waals surface area contributed by atoms with Gasteiger partial charge >= 0.3 is 5.97 Å². The number of amides is 2. The number of carboxylic acid groups (broad SMARTS) is 1. The van der Waals surface area contributed by atoms with Gasteiger partial charge in [0.25, 0.3) is 5.69 Å². The van der Waals surface area contributed by atoms with Crippen LogP contribution in [0.25, 0.3) is 0 Å². The molecule has 4 unspecified atom stereocenters. The molecule has 10 heteroatoms. The minimum atomic E-state index is -2.07. The zero-order valence-electron chi connectivity index (χ0n) is 16.4. The first-order chi connectivity index (χ1) is 14.7. The summed E-state index contributed by atoms with van der Waals surface area (Å²) in [5, 5.41) is 33.9. The summed E-state index contributed by atoms with van der Waals surface area (Å²) in [6, 6.07) is 11.2. The Bertz CT molecular complexity index is 1120. The standard InChI is InChI=1S/C21H19N3O7/c1-11-5-2-3-8-14(11)17-15-16(21(10-25,22-17)20(28)29)19(27)23(18(15)26)12-6-4-7-13(9-12)24(30)31/h2-9,15-17,22,25H,10H2,1H3,(H,28,29). The van der Waals surface area contributed by atoms with Crippen molar-refractivity contribution >= 4 is 29.2 Å². The molecule has 160 valence electrons. The number of aryl methyl sites for hydroxylation is 1. The van der Waals surface area contributed by atoms with E-state index in [0.29, 0.717) is 5.56 Å². The van der Waals surface area contributed by atoms with Gasteiger partial charge in [0.15, 0.2) is 5.54 Å². The van der Waals surface area contributed by atoms with Gasteiger partial charge in [-0.2, -0.15) is 0 Å². The highest BCUT2D eigenvalue weighted by molar-refractivity contribution is 6.24. The van der Waals surface area contributed by atoms with E-state index in [9.17, 15) is 34.7 Å². The molecule has 2 aliphatic heterocycles. The van der Waals surface area contributed by atoms with Gasteiger partial charge in [-0.15, -0.1) is 0 Å². The number of carboxylic acids is 1. The minimum absolute atomic E-state index is 0.0145. The van der Waals surface area contributed by atoms with Gasteiger partial charge in [-0.1, -0.05) is 30.3 Å². The number of aliphatic hydroxyl groups excluding tert-OH is 1. The molecule has 3 N–H and O–H groups in total. The second-order valence-corrected chi connectivity index (χ2v) is 7.71. The van der Waals surface area contributed by atoms with E-state index in [0.717, 1.165) is 16.5 Å². The number of anilines is 1. The molecule has 2 amide bonds. The zero-order valence-corrected chi connectivity index (χ0v) is 16.4. The number of carbonyl (C=O) groups is 3. The molecule has 2 aromatic carbocycles. The fourth-order valence-corrected chi connectivity index (χ4v) is 4.62. The molecule has 2 heterocycles. The van der Waals surface area contributed by atoms with Gasteiger partial charge in [0.05, 0.1) is 29.1 Å². The molecular weight excluding hydrogens is 406 g/mol. The number of carbonyl (C=O) groups excluding carboxylic acids is 2. The van der Waals surface area contributed by atoms with Gasteiger partial charge in [-0.05, 0) is 24.1 Å². The van der Waals surface area contributed by atoms with Crippen molar-refractivity contribution in [2.75, 3.05) is 11.5 Å². The van der Waals surface area contributed by atoms with E-state index in [-0.39, 0.29) is 11.4 Å². The quantitative estimate of drug-likeness (QED) is 0.367. The van der Waals surface area contributed by atoms with E-state index in [1.165, 1.54) is 18.2 Å². The maximum absolute atomic E-state index is 13.4. The lowest BCUT2D eigenvalue weighted by Crippen LogP contribution is -2.58. The van der Waals surface area contributed by atoms with Gasteiger partial charge in [-0.3, -0.25) is 29.8 Å². The molecule has 0 aliphatic carbocycles. The van der Waals surface area contributed by atoms with Crippen LogP contribution in [0.4, 0.5) is 11.4 Å². The number of hydrogen-bond donors (Lipinski definition) is 3.